The summed E-state index contributed by atoms with van der Waals surface area (Å²) >= 11 is 4.71. The van der Waals surface area contributed by atoms with E-state index in [1.807, 2.05) is 54.5 Å². The van der Waals surface area contributed by atoms with Gasteiger partial charge in [-0.1, -0.05) is 5.16 Å². The van der Waals surface area contributed by atoms with Crippen LogP contribution < -0.4 is 0 Å². The molecule has 0 aliphatic heterocycles. The first-order valence-electron chi connectivity index (χ1n) is 18.8. The van der Waals surface area contributed by atoms with Gasteiger partial charge in [0.15, 0.2) is 12.1 Å². The predicted molar refractivity (Wildman–Crippen MR) is 243 cm³/mol. The highest BCUT2D eigenvalue weighted by Crippen LogP contribution is 2.01. The highest BCUT2D eigenvalue weighted by molar-refractivity contribution is 7.09. The fourth-order valence-corrected chi connectivity index (χ4v) is 4.23. The lowest BCUT2D eigenvalue weighted by Crippen LogP contribution is -1.68. The average molecular weight is 965 g/mol. The van der Waals surface area contributed by atoms with Crippen molar-refractivity contribution in [2.24, 2.45) is 0 Å². The molecule has 0 amide bonds. The number of aromatic amines is 3. The molecule has 25 nitrogen and oxygen atoms in total. The summed E-state index contributed by atoms with van der Waals surface area (Å²) in [5.41, 5.74) is 5.07. The van der Waals surface area contributed by atoms with Crippen LogP contribution in [-0.2, 0) is 0 Å². The summed E-state index contributed by atoms with van der Waals surface area (Å²) in [7, 11) is 0. The maximum absolute atomic E-state index is 4.71. The fraction of sp³-hybridized carbons (Fsp3) is 0.289. The van der Waals surface area contributed by atoms with Gasteiger partial charge in [-0.2, -0.15) is 30.9 Å². The molecule has 3 N–H and O–H groups in total. The van der Waals surface area contributed by atoms with Crippen LogP contribution in [0.1, 0.15) is 61.9 Å². The third-order valence-corrected chi connectivity index (χ3v) is 7.85. The monoisotopic (exact) mass is 964 g/mol. The molecule has 0 spiro atoms. The Bertz CT molecular complexity index is 1850. The molecule has 0 saturated carbocycles. The van der Waals surface area contributed by atoms with Crippen molar-refractivity contribution in [3.05, 3.63) is 159 Å². The summed E-state index contributed by atoms with van der Waals surface area (Å²) in [4.78, 5) is 21.7. The average Bonchev–Trinajstić information content (AvgIpc) is 4.13. The summed E-state index contributed by atoms with van der Waals surface area (Å²) in [6.45, 7) is 20.7. The number of aromatic nitrogens is 20. The second kappa shape index (κ2) is 37.7. The number of imidazole rings is 1. The van der Waals surface area contributed by atoms with Crippen LogP contribution in [0.15, 0.2) is 120 Å². The highest BCUT2D eigenvalue weighted by atomic mass is 32.1. The van der Waals surface area contributed by atoms with Crippen LogP contribution >= 0.6 is 34.2 Å². The minimum absolute atomic E-state index is 0.606. The van der Waals surface area contributed by atoms with Gasteiger partial charge in [0.2, 0.25) is 18.2 Å². The molecule has 0 saturated heterocycles. The Morgan fingerprint density at radius 3 is 1.53 bits per heavy atom. The number of nitrogens with one attached hydrogen (secondary N) is 3. The molecule has 28 heteroatoms. The molecule has 11 heterocycles. The molecule has 0 aliphatic rings. The van der Waals surface area contributed by atoms with Gasteiger partial charge in [-0.15, -0.1) is 41.9 Å². The molecular formula is C38H52N20O5S3. The zero-order valence-electron chi connectivity index (χ0n) is 38.1. The zero-order chi connectivity index (χ0) is 48.5. The summed E-state index contributed by atoms with van der Waals surface area (Å²) in [5.74, 6) is 4.64. The topological polar surface area (TPSA) is 332 Å². The van der Waals surface area contributed by atoms with Crippen molar-refractivity contribution in [3.63, 3.8) is 0 Å². The van der Waals surface area contributed by atoms with Crippen LogP contribution in [0.3, 0.4) is 0 Å². The Labute approximate surface area is 391 Å². The Morgan fingerprint density at radius 2 is 1.38 bits per heavy atom. The number of furan rings is 1. The molecular weight excluding hydrogens is 913 g/mol. The van der Waals surface area contributed by atoms with Crippen molar-refractivity contribution in [2.75, 3.05) is 0 Å². The minimum atomic E-state index is 0.606. The van der Waals surface area contributed by atoms with Gasteiger partial charge in [-0.25, -0.2) is 19.9 Å². The largest absolute Gasteiger partial charge is 0.472 e. The highest BCUT2D eigenvalue weighted by Gasteiger charge is 1.83. The molecule has 0 radical (unpaired) electrons. The maximum Gasteiger partial charge on any atom is 0.223 e. The SMILES string of the molecule is Cc1ccoc1.Cc1ccsc1.Cc1cnno1.Cc1conn1.Cc1ncc[nH]1.Cc1ncn[nH]1.Cc1ncn[nH]1.Cc1ncno1.Cc1ncns1.Cc1nnco1.Cc1nncs1. The summed E-state index contributed by atoms with van der Waals surface area (Å²) < 4.78 is 26.4. The van der Waals surface area contributed by atoms with Crippen LogP contribution in [0, 0.1) is 76.2 Å². The van der Waals surface area contributed by atoms with Gasteiger partial charge in [-0.3, -0.25) is 10.2 Å². The van der Waals surface area contributed by atoms with E-state index in [1.165, 1.54) is 54.3 Å². The van der Waals surface area contributed by atoms with Gasteiger partial charge in [0.05, 0.1) is 18.7 Å². The Kier molecular flexibility index (Phi) is 32.1. The molecule has 352 valence electrons. The molecule has 66 heavy (non-hydrogen) atoms. The van der Waals surface area contributed by atoms with E-state index >= 15 is 0 Å². The molecule has 11 aromatic rings. The number of hydrogen-bond acceptors (Lipinski definition) is 25. The van der Waals surface area contributed by atoms with Gasteiger partial charge in [-0.05, 0) is 108 Å². The molecule has 0 aromatic carbocycles. The first-order valence-corrected chi connectivity index (χ1v) is 21.4. The van der Waals surface area contributed by atoms with Crippen LogP contribution in [-0.4, -0.2) is 101 Å². The van der Waals surface area contributed by atoms with E-state index in [-0.39, 0.29) is 0 Å². The van der Waals surface area contributed by atoms with Crippen molar-refractivity contribution in [1.82, 2.24) is 101 Å². The Balaban J connectivity index is 0.000000363. The first kappa shape index (κ1) is 56.2. The Morgan fingerprint density at radius 1 is 0.621 bits per heavy atom. The van der Waals surface area contributed by atoms with E-state index in [4.69, 9.17) is 4.42 Å². The minimum Gasteiger partial charge on any atom is -0.472 e. The smallest absolute Gasteiger partial charge is 0.223 e. The summed E-state index contributed by atoms with van der Waals surface area (Å²) in [5, 5.41) is 49.5. The second-order valence-electron chi connectivity index (χ2n) is 11.8. The van der Waals surface area contributed by atoms with Gasteiger partial charge in [0.1, 0.15) is 63.9 Å². The lowest BCUT2D eigenvalue weighted by molar-refractivity contribution is 0.374. The lowest BCUT2D eigenvalue weighted by atomic mass is 10.4. The molecule has 0 aliphatic carbocycles. The fourth-order valence-electron chi connectivity index (χ4n) is 2.88. The van der Waals surface area contributed by atoms with Gasteiger partial charge in [0.25, 0.3) is 0 Å². The number of nitrogens with zero attached hydrogens (tertiary/aromatic N) is 17. The number of thiophene rings is 1. The number of hydrogen-bond donors (Lipinski definition) is 3. The lowest BCUT2D eigenvalue weighted by Gasteiger charge is -1.68. The molecule has 0 bridgehead atoms. The van der Waals surface area contributed by atoms with Crippen molar-refractivity contribution in [3.8, 4) is 0 Å². The van der Waals surface area contributed by atoms with E-state index in [9.17, 15) is 0 Å². The van der Waals surface area contributed by atoms with Crippen LogP contribution in [0.4, 0.5) is 0 Å². The second-order valence-corrected chi connectivity index (χ2v) is 14.6. The normalized spacial score (nSPS) is 8.83. The van der Waals surface area contributed by atoms with Crippen molar-refractivity contribution < 1.29 is 22.4 Å². The van der Waals surface area contributed by atoms with Crippen molar-refractivity contribution in [1.29, 1.82) is 0 Å². The third kappa shape index (κ3) is 35.7. The predicted octanol–water partition coefficient (Wildman–Crippen LogP) is 7.79. The molecule has 11 rings (SSSR count). The van der Waals surface area contributed by atoms with Gasteiger partial charge >= 0.3 is 0 Å². The molecule has 0 unspecified atom stereocenters. The summed E-state index contributed by atoms with van der Waals surface area (Å²) in [6.07, 6.45) is 17.1. The van der Waals surface area contributed by atoms with Crippen LogP contribution in [0.2, 0.25) is 0 Å². The standard InChI is InChI=1S/C5H6O.C5H6S.C4H6N2.2C3H5N3.4C3H4N2O.2C3H4N2S/c2*1-5-2-3-6-4-5;1-4-5-2-3-6-4;2*1-3-4-2-5-6-3;1-3-5-4-2-6-3;1-3-4-2-5-6-3;1-3-2-6-5-4-3;1-3-2-4-5-6-3;1-3-5-4-2-6-3;1-3-4-2-5-6-3/h2*2-4H,1H3;2-3H,1H3,(H,5,6);2*2H,1H3,(H,4,5,6);6*2H,1H3. The van der Waals surface area contributed by atoms with Crippen LogP contribution in [0.5, 0.6) is 0 Å². The maximum atomic E-state index is 4.71. The molecule has 11 aromatic heterocycles. The quantitative estimate of drug-likeness (QED) is 0.130. The number of rotatable bonds is 0. The van der Waals surface area contributed by atoms with Crippen molar-refractivity contribution >= 4 is 34.2 Å². The van der Waals surface area contributed by atoms with E-state index in [2.05, 4.69) is 143 Å². The molecule has 0 atom stereocenters. The van der Waals surface area contributed by atoms with Crippen LogP contribution in [0.25, 0.3) is 0 Å². The van der Waals surface area contributed by atoms with Gasteiger partial charge < -0.3 is 27.4 Å². The third-order valence-electron chi connectivity index (χ3n) is 5.85. The van der Waals surface area contributed by atoms with Gasteiger partial charge in [0, 0.05) is 36.8 Å². The van der Waals surface area contributed by atoms with E-state index in [0.717, 1.165) is 38.9 Å². The number of H-pyrrole nitrogens is 3. The van der Waals surface area contributed by atoms with E-state index in [0.29, 0.717) is 11.8 Å². The Hall–Kier alpha value is -7.85. The molecule has 0 fully saturated rings. The van der Waals surface area contributed by atoms with Crippen molar-refractivity contribution in [2.45, 2.75) is 76.2 Å². The number of aryl methyl sites for hydroxylation is 11. The van der Waals surface area contributed by atoms with E-state index in [1.54, 1.807) is 86.4 Å². The van der Waals surface area contributed by atoms with E-state index < -0.39 is 0 Å². The zero-order valence-corrected chi connectivity index (χ0v) is 40.6. The summed E-state index contributed by atoms with van der Waals surface area (Å²) in [6, 6.07) is 4.02. The first-order chi connectivity index (χ1) is 31.8.